The predicted molar refractivity (Wildman–Crippen MR) is 60.6 cm³/mol. The Morgan fingerprint density at radius 2 is 2.53 bits per heavy atom. The van der Waals surface area contributed by atoms with E-state index in [-0.39, 0.29) is 12.0 Å². The third-order valence-corrected chi connectivity index (χ3v) is 2.66. The van der Waals surface area contributed by atoms with Crippen molar-refractivity contribution < 1.29 is 13.9 Å². The number of ether oxygens (including phenoxy) is 1. The van der Waals surface area contributed by atoms with E-state index in [9.17, 15) is 4.79 Å². The van der Waals surface area contributed by atoms with Gasteiger partial charge in [0.15, 0.2) is 11.6 Å². The molecular weight excluding hydrogens is 222 g/mol. The van der Waals surface area contributed by atoms with Gasteiger partial charge in [-0.3, -0.25) is 4.79 Å². The van der Waals surface area contributed by atoms with Crippen LogP contribution in [0.2, 0.25) is 0 Å². The van der Waals surface area contributed by atoms with Gasteiger partial charge in [-0.05, 0) is 12.8 Å². The SMILES string of the molecule is NCCc1nc(C(=O)NCC2CCCO2)co1. The summed E-state index contributed by atoms with van der Waals surface area (Å²) in [6, 6.07) is 0. The Morgan fingerprint density at radius 3 is 3.24 bits per heavy atom. The Labute approximate surface area is 99.5 Å². The van der Waals surface area contributed by atoms with E-state index in [4.69, 9.17) is 14.9 Å². The van der Waals surface area contributed by atoms with E-state index in [1.54, 1.807) is 0 Å². The minimum Gasteiger partial charge on any atom is -0.448 e. The van der Waals surface area contributed by atoms with E-state index in [0.29, 0.717) is 31.1 Å². The first-order valence-electron chi connectivity index (χ1n) is 5.84. The first-order chi connectivity index (χ1) is 8.29. The molecule has 0 bridgehead atoms. The van der Waals surface area contributed by atoms with E-state index < -0.39 is 0 Å². The molecule has 2 rings (SSSR count). The van der Waals surface area contributed by atoms with Gasteiger partial charge in [0.25, 0.3) is 5.91 Å². The highest BCUT2D eigenvalue weighted by Crippen LogP contribution is 2.10. The molecule has 3 N–H and O–H groups in total. The fraction of sp³-hybridized carbons (Fsp3) is 0.636. The summed E-state index contributed by atoms with van der Waals surface area (Å²) < 4.78 is 10.5. The van der Waals surface area contributed by atoms with Gasteiger partial charge >= 0.3 is 0 Å². The van der Waals surface area contributed by atoms with E-state index in [1.807, 2.05) is 0 Å². The molecule has 6 nitrogen and oxygen atoms in total. The zero-order chi connectivity index (χ0) is 12.1. The molecule has 1 aromatic rings. The van der Waals surface area contributed by atoms with Crippen LogP contribution in [0.5, 0.6) is 0 Å². The number of rotatable bonds is 5. The lowest BCUT2D eigenvalue weighted by Gasteiger charge is -2.09. The Balaban J connectivity index is 1.81. The lowest BCUT2D eigenvalue weighted by Crippen LogP contribution is -2.31. The summed E-state index contributed by atoms with van der Waals surface area (Å²) in [5.74, 6) is 0.266. The number of aromatic nitrogens is 1. The summed E-state index contributed by atoms with van der Waals surface area (Å²) in [5, 5.41) is 2.78. The van der Waals surface area contributed by atoms with Crippen LogP contribution in [-0.2, 0) is 11.2 Å². The molecule has 1 atom stereocenters. The van der Waals surface area contributed by atoms with Crippen molar-refractivity contribution in [2.75, 3.05) is 19.7 Å². The van der Waals surface area contributed by atoms with Gasteiger partial charge in [0.2, 0.25) is 0 Å². The number of nitrogens with two attached hydrogens (primary N) is 1. The van der Waals surface area contributed by atoms with Crippen LogP contribution in [0.1, 0.15) is 29.2 Å². The van der Waals surface area contributed by atoms with Crippen molar-refractivity contribution in [1.82, 2.24) is 10.3 Å². The van der Waals surface area contributed by atoms with E-state index in [0.717, 1.165) is 19.4 Å². The average molecular weight is 239 g/mol. The van der Waals surface area contributed by atoms with E-state index in [1.165, 1.54) is 6.26 Å². The van der Waals surface area contributed by atoms with Gasteiger partial charge < -0.3 is 20.2 Å². The molecule has 0 aliphatic carbocycles. The summed E-state index contributed by atoms with van der Waals surface area (Å²) in [7, 11) is 0. The van der Waals surface area contributed by atoms with Gasteiger partial charge in [0, 0.05) is 26.1 Å². The number of nitrogens with one attached hydrogen (secondary N) is 1. The molecule has 0 saturated carbocycles. The zero-order valence-corrected chi connectivity index (χ0v) is 9.65. The highest BCUT2D eigenvalue weighted by Gasteiger charge is 2.18. The molecule has 6 heteroatoms. The molecule has 1 aromatic heterocycles. The zero-order valence-electron chi connectivity index (χ0n) is 9.65. The number of carbonyl (C=O) groups excluding carboxylic acids is 1. The molecule has 94 valence electrons. The molecule has 0 aromatic carbocycles. The smallest absolute Gasteiger partial charge is 0.273 e. The van der Waals surface area contributed by atoms with Crippen molar-refractivity contribution in [3.63, 3.8) is 0 Å². The van der Waals surface area contributed by atoms with E-state index >= 15 is 0 Å². The van der Waals surface area contributed by atoms with Crippen LogP contribution < -0.4 is 11.1 Å². The standard InChI is InChI=1S/C11H17N3O3/c12-4-3-10-14-9(7-17-10)11(15)13-6-8-2-1-5-16-8/h7-8H,1-6,12H2,(H,13,15). The summed E-state index contributed by atoms with van der Waals surface area (Å²) in [6.45, 7) is 1.76. The van der Waals surface area contributed by atoms with Crippen molar-refractivity contribution >= 4 is 5.91 Å². The van der Waals surface area contributed by atoms with Crippen LogP contribution in [-0.4, -0.2) is 36.7 Å². The molecule has 0 radical (unpaired) electrons. The second-order valence-electron chi connectivity index (χ2n) is 4.01. The Hall–Kier alpha value is -1.40. The molecule has 1 amide bonds. The second-order valence-corrected chi connectivity index (χ2v) is 4.01. The lowest BCUT2D eigenvalue weighted by atomic mass is 10.2. The number of hydrogen-bond acceptors (Lipinski definition) is 5. The molecular formula is C11H17N3O3. The van der Waals surface area contributed by atoms with Crippen molar-refractivity contribution in [2.45, 2.75) is 25.4 Å². The monoisotopic (exact) mass is 239 g/mol. The third-order valence-electron chi connectivity index (χ3n) is 2.66. The Bertz CT molecular complexity index is 372. The number of oxazole rings is 1. The quantitative estimate of drug-likeness (QED) is 0.759. The highest BCUT2D eigenvalue weighted by atomic mass is 16.5. The minimum absolute atomic E-state index is 0.134. The fourth-order valence-electron chi connectivity index (χ4n) is 1.76. The largest absolute Gasteiger partial charge is 0.448 e. The Kier molecular flexibility index (Phi) is 4.11. The van der Waals surface area contributed by atoms with Gasteiger partial charge in [-0.2, -0.15) is 0 Å². The van der Waals surface area contributed by atoms with E-state index in [2.05, 4.69) is 10.3 Å². The van der Waals surface area contributed by atoms with Gasteiger partial charge in [-0.1, -0.05) is 0 Å². The third kappa shape index (κ3) is 3.28. The molecule has 2 heterocycles. The highest BCUT2D eigenvalue weighted by molar-refractivity contribution is 5.91. The molecule has 1 aliphatic rings. The van der Waals surface area contributed by atoms with Crippen molar-refractivity contribution in [3.05, 3.63) is 17.8 Å². The Morgan fingerprint density at radius 1 is 1.65 bits per heavy atom. The first-order valence-corrected chi connectivity index (χ1v) is 5.84. The van der Waals surface area contributed by atoms with Crippen LogP contribution in [0, 0.1) is 0 Å². The van der Waals surface area contributed by atoms with Crippen LogP contribution in [0.3, 0.4) is 0 Å². The summed E-state index contributed by atoms with van der Waals surface area (Å²) in [6.07, 6.45) is 4.09. The number of carbonyl (C=O) groups is 1. The van der Waals surface area contributed by atoms with Crippen molar-refractivity contribution in [3.8, 4) is 0 Å². The predicted octanol–water partition coefficient (Wildman–Crippen LogP) is 0.0846. The number of nitrogens with zero attached hydrogens (tertiary/aromatic N) is 1. The van der Waals surface area contributed by atoms with Crippen LogP contribution in [0.25, 0.3) is 0 Å². The van der Waals surface area contributed by atoms with Gasteiger partial charge in [0.1, 0.15) is 6.26 Å². The summed E-state index contributed by atoms with van der Waals surface area (Å²) in [4.78, 5) is 15.7. The topological polar surface area (TPSA) is 90.4 Å². The molecule has 1 fully saturated rings. The fourth-order valence-corrected chi connectivity index (χ4v) is 1.76. The second kappa shape index (κ2) is 5.79. The number of amides is 1. The lowest BCUT2D eigenvalue weighted by molar-refractivity contribution is 0.0853. The van der Waals surface area contributed by atoms with Crippen LogP contribution in [0.4, 0.5) is 0 Å². The average Bonchev–Trinajstić information content (AvgIpc) is 2.97. The molecule has 1 saturated heterocycles. The summed E-state index contributed by atoms with van der Waals surface area (Å²) in [5.41, 5.74) is 5.67. The van der Waals surface area contributed by atoms with Gasteiger partial charge in [-0.25, -0.2) is 4.98 Å². The normalized spacial score (nSPS) is 19.5. The molecule has 1 aliphatic heterocycles. The maximum absolute atomic E-state index is 11.7. The first kappa shape index (κ1) is 12.1. The van der Waals surface area contributed by atoms with Crippen molar-refractivity contribution in [1.29, 1.82) is 0 Å². The maximum Gasteiger partial charge on any atom is 0.273 e. The maximum atomic E-state index is 11.7. The summed E-state index contributed by atoms with van der Waals surface area (Å²) >= 11 is 0. The molecule has 0 spiro atoms. The van der Waals surface area contributed by atoms with Gasteiger partial charge in [0.05, 0.1) is 6.10 Å². The van der Waals surface area contributed by atoms with Crippen molar-refractivity contribution in [2.24, 2.45) is 5.73 Å². The van der Waals surface area contributed by atoms with Crippen LogP contribution >= 0.6 is 0 Å². The minimum atomic E-state index is -0.229. The van der Waals surface area contributed by atoms with Crippen LogP contribution in [0.15, 0.2) is 10.7 Å². The van der Waals surface area contributed by atoms with Gasteiger partial charge in [-0.15, -0.1) is 0 Å². The molecule has 1 unspecified atom stereocenters. The molecule has 17 heavy (non-hydrogen) atoms. The number of hydrogen-bond donors (Lipinski definition) is 2.